The molecule has 0 bridgehead atoms. The number of rotatable bonds is 6. The molecule has 1 amide bonds. The topological polar surface area (TPSA) is 85.8 Å². The first kappa shape index (κ1) is 22.0. The van der Waals surface area contributed by atoms with Gasteiger partial charge in [0.1, 0.15) is 11.3 Å². The molecule has 3 aromatic rings. The van der Waals surface area contributed by atoms with E-state index in [4.69, 9.17) is 21.1 Å². The highest BCUT2D eigenvalue weighted by Gasteiger charge is 2.30. The number of methoxy groups -OCH3 is 1. The normalized spacial score (nSPS) is 16.5. The Morgan fingerprint density at radius 3 is 2.77 bits per heavy atom. The highest BCUT2D eigenvalue weighted by molar-refractivity contribution is 7.90. The van der Waals surface area contributed by atoms with E-state index in [1.165, 1.54) is 28.4 Å². The Morgan fingerprint density at radius 1 is 1.32 bits per heavy atom. The van der Waals surface area contributed by atoms with Crippen molar-refractivity contribution in [3.05, 3.63) is 47.0 Å². The fourth-order valence-corrected chi connectivity index (χ4v) is 5.72. The SMILES string of the molecule is COc1ccc(Cl)c2sc(N(CC3CCCO3)C(=O)c3ccccc3S(C)(=O)=O)nc12. The largest absolute Gasteiger partial charge is 0.494 e. The van der Waals surface area contributed by atoms with Crippen LogP contribution in [0.4, 0.5) is 5.13 Å². The summed E-state index contributed by atoms with van der Waals surface area (Å²) in [7, 11) is -2.06. The van der Waals surface area contributed by atoms with Gasteiger partial charge in [-0.2, -0.15) is 0 Å². The molecule has 1 aliphatic heterocycles. The molecule has 1 saturated heterocycles. The van der Waals surface area contributed by atoms with Gasteiger partial charge in [-0.1, -0.05) is 35.1 Å². The van der Waals surface area contributed by atoms with E-state index in [1.54, 1.807) is 31.4 Å². The molecule has 1 aromatic heterocycles. The van der Waals surface area contributed by atoms with E-state index >= 15 is 0 Å². The van der Waals surface area contributed by atoms with Crippen LogP contribution in [0, 0.1) is 0 Å². The van der Waals surface area contributed by atoms with Gasteiger partial charge < -0.3 is 9.47 Å². The summed E-state index contributed by atoms with van der Waals surface area (Å²) < 4.78 is 36.4. The van der Waals surface area contributed by atoms with Gasteiger partial charge in [-0.3, -0.25) is 9.69 Å². The summed E-state index contributed by atoms with van der Waals surface area (Å²) in [5, 5.41) is 0.908. The van der Waals surface area contributed by atoms with E-state index in [1.807, 2.05) is 0 Å². The standard InChI is InChI=1S/C21H21ClN2O5S2/c1-28-16-10-9-15(22)19-18(16)23-21(30-19)24(12-13-6-5-11-29-13)20(25)14-7-3-4-8-17(14)31(2,26)27/h3-4,7-10,13H,5-6,11-12H2,1-2H3. The molecule has 1 fully saturated rings. The summed E-state index contributed by atoms with van der Waals surface area (Å²) >= 11 is 7.62. The van der Waals surface area contributed by atoms with Crippen molar-refractivity contribution in [1.29, 1.82) is 0 Å². The summed E-state index contributed by atoms with van der Waals surface area (Å²) in [6.07, 6.45) is 2.66. The molecule has 31 heavy (non-hydrogen) atoms. The van der Waals surface area contributed by atoms with Crippen LogP contribution >= 0.6 is 22.9 Å². The minimum absolute atomic E-state index is 0.0194. The zero-order valence-electron chi connectivity index (χ0n) is 17.0. The number of halogens is 1. The second-order valence-corrected chi connectivity index (χ2v) is 10.6. The number of amides is 1. The van der Waals surface area contributed by atoms with Crippen molar-refractivity contribution in [3.8, 4) is 5.75 Å². The van der Waals surface area contributed by atoms with Gasteiger partial charge in [0.2, 0.25) is 0 Å². The quantitative estimate of drug-likeness (QED) is 0.526. The maximum absolute atomic E-state index is 13.6. The van der Waals surface area contributed by atoms with Crippen molar-refractivity contribution in [1.82, 2.24) is 4.98 Å². The average molecular weight is 481 g/mol. The first-order valence-corrected chi connectivity index (χ1v) is 12.7. The molecule has 10 heteroatoms. The van der Waals surface area contributed by atoms with Crippen LogP contribution in [-0.4, -0.2) is 51.9 Å². The third-order valence-electron chi connectivity index (χ3n) is 5.07. The molecule has 0 saturated carbocycles. The molecule has 4 rings (SSSR count). The van der Waals surface area contributed by atoms with E-state index in [-0.39, 0.29) is 23.1 Å². The Kier molecular flexibility index (Phi) is 6.20. The van der Waals surface area contributed by atoms with Gasteiger partial charge >= 0.3 is 0 Å². The molecule has 0 aliphatic carbocycles. The molecule has 1 aliphatic rings. The molecule has 2 aromatic carbocycles. The van der Waals surface area contributed by atoms with E-state index in [9.17, 15) is 13.2 Å². The first-order chi connectivity index (χ1) is 14.8. The predicted octanol–water partition coefficient (Wildman–Crippen LogP) is 4.19. The lowest BCUT2D eigenvalue weighted by molar-refractivity contribution is 0.0915. The Labute approximate surface area is 189 Å². The maximum Gasteiger partial charge on any atom is 0.261 e. The lowest BCUT2D eigenvalue weighted by Crippen LogP contribution is -2.38. The number of carbonyl (C=O) groups excluding carboxylic acids is 1. The van der Waals surface area contributed by atoms with E-state index in [2.05, 4.69) is 4.98 Å². The summed E-state index contributed by atoms with van der Waals surface area (Å²) in [5.74, 6) is 0.0913. The molecular formula is C21H21ClN2O5S2. The van der Waals surface area contributed by atoms with Crippen LogP contribution in [0.3, 0.4) is 0 Å². The van der Waals surface area contributed by atoms with Gasteiger partial charge in [0.25, 0.3) is 5.91 Å². The lowest BCUT2D eigenvalue weighted by Gasteiger charge is -2.24. The van der Waals surface area contributed by atoms with Crippen LogP contribution in [0.5, 0.6) is 5.75 Å². The zero-order chi connectivity index (χ0) is 22.2. The van der Waals surface area contributed by atoms with Crippen LogP contribution < -0.4 is 9.64 Å². The minimum atomic E-state index is -3.60. The summed E-state index contributed by atoms with van der Waals surface area (Å²) in [4.78, 5) is 19.7. The Morgan fingerprint density at radius 2 is 2.10 bits per heavy atom. The van der Waals surface area contributed by atoms with Crippen molar-refractivity contribution >= 4 is 54.0 Å². The van der Waals surface area contributed by atoms with Gasteiger partial charge in [-0.05, 0) is 37.1 Å². The number of fused-ring (bicyclic) bond motifs is 1. The Hall–Kier alpha value is -2.20. The highest BCUT2D eigenvalue weighted by Crippen LogP contribution is 2.39. The molecule has 1 atom stereocenters. The molecule has 7 nitrogen and oxygen atoms in total. The van der Waals surface area contributed by atoms with Crippen molar-refractivity contribution in [2.24, 2.45) is 0 Å². The fourth-order valence-electron chi connectivity index (χ4n) is 3.57. The third-order valence-corrected chi connectivity index (χ3v) is 7.76. The lowest BCUT2D eigenvalue weighted by atomic mass is 10.1. The molecule has 2 heterocycles. The zero-order valence-corrected chi connectivity index (χ0v) is 19.4. The molecule has 1 unspecified atom stereocenters. The number of ether oxygens (including phenoxy) is 2. The average Bonchev–Trinajstić information content (AvgIpc) is 3.41. The second-order valence-electron chi connectivity index (χ2n) is 7.24. The van der Waals surface area contributed by atoms with Crippen LogP contribution in [0.2, 0.25) is 5.02 Å². The van der Waals surface area contributed by atoms with Crippen molar-refractivity contribution in [2.45, 2.75) is 23.8 Å². The number of anilines is 1. The summed E-state index contributed by atoms with van der Waals surface area (Å²) in [6, 6.07) is 9.63. The van der Waals surface area contributed by atoms with Crippen LogP contribution in [0.1, 0.15) is 23.2 Å². The van der Waals surface area contributed by atoms with Crippen molar-refractivity contribution in [3.63, 3.8) is 0 Å². The van der Waals surface area contributed by atoms with E-state index < -0.39 is 15.7 Å². The number of benzene rings is 2. The molecule has 0 radical (unpaired) electrons. The summed E-state index contributed by atoms with van der Waals surface area (Å²) in [6.45, 7) is 0.892. The number of nitrogens with zero attached hydrogens (tertiary/aromatic N) is 2. The molecular weight excluding hydrogens is 460 g/mol. The number of carbonyl (C=O) groups is 1. The number of thiazole rings is 1. The number of hydrogen-bond donors (Lipinski definition) is 0. The van der Waals surface area contributed by atoms with Gasteiger partial charge in [0.15, 0.2) is 15.0 Å². The van der Waals surface area contributed by atoms with Gasteiger partial charge in [-0.25, -0.2) is 13.4 Å². The van der Waals surface area contributed by atoms with E-state index in [0.717, 1.165) is 19.1 Å². The monoisotopic (exact) mass is 480 g/mol. The van der Waals surface area contributed by atoms with Crippen LogP contribution in [0.25, 0.3) is 10.2 Å². The van der Waals surface area contributed by atoms with Crippen molar-refractivity contribution < 1.29 is 22.7 Å². The van der Waals surface area contributed by atoms with Crippen LogP contribution in [0.15, 0.2) is 41.3 Å². The smallest absolute Gasteiger partial charge is 0.261 e. The number of sulfone groups is 1. The fraction of sp³-hybridized carbons (Fsp3) is 0.333. The maximum atomic E-state index is 13.6. The van der Waals surface area contributed by atoms with Gasteiger partial charge in [0.05, 0.1) is 39.9 Å². The highest BCUT2D eigenvalue weighted by atomic mass is 35.5. The first-order valence-electron chi connectivity index (χ1n) is 9.65. The third kappa shape index (κ3) is 4.41. The number of hydrogen-bond acceptors (Lipinski definition) is 7. The summed E-state index contributed by atoms with van der Waals surface area (Å²) in [5.41, 5.74) is 0.650. The molecule has 164 valence electrons. The van der Waals surface area contributed by atoms with Crippen molar-refractivity contribution in [2.75, 3.05) is 31.4 Å². The molecule has 0 spiro atoms. The number of aromatic nitrogens is 1. The van der Waals surface area contributed by atoms with Gasteiger partial charge in [0, 0.05) is 12.9 Å². The minimum Gasteiger partial charge on any atom is -0.494 e. The molecule has 0 N–H and O–H groups in total. The predicted molar refractivity (Wildman–Crippen MR) is 121 cm³/mol. The Bertz CT molecular complexity index is 1240. The van der Waals surface area contributed by atoms with Gasteiger partial charge in [-0.15, -0.1) is 0 Å². The van der Waals surface area contributed by atoms with Crippen LogP contribution in [-0.2, 0) is 14.6 Å². The second kappa shape index (κ2) is 8.74. The Balaban J connectivity index is 1.83. The van der Waals surface area contributed by atoms with E-state index in [0.29, 0.717) is 32.7 Å².